The first-order chi connectivity index (χ1) is 13.0. The second kappa shape index (κ2) is 7.38. The Bertz CT molecular complexity index is 1140. The Morgan fingerprint density at radius 1 is 1.15 bits per heavy atom. The van der Waals surface area contributed by atoms with Crippen LogP contribution in [0, 0.1) is 39.7 Å². The summed E-state index contributed by atoms with van der Waals surface area (Å²) in [6.07, 6.45) is 1.54. The molecule has 0 unspecified atom stereocenters. The Kier molecular flexibility index (Phi) is 4.83. The molecular formula is C21H13N3O3. The molecule has 0 aliphatic carbocycles. The zero-order valence-electron chi connectivity index (χ0n) is 14.3. The van der Waals surface area contributed by atoms with Crippen LogP contribution in [0.25, 0.3) is 23.0 Å². The molecule has 2 aromatic carbocycles. The van der Waals surface area contributed by atoms with Crippen LogP contribution in [0.5, 0.6) is 0 Å². The molecular weight excluding hydrogens is 342 g/mol. The molecule has 0 atom stereocenters. The summed E-state index contributed by atoms with van der Waals surface area (Å²) in [7, 11) is 0. The topological polar surface area (TPSA) is 104 Å². The van der Waals surface area contributed by atoms with Gasteiger partial charge >= 0.3 is 0 Å². The van der Waals surface area contributed by atoms with Crippen molar-refractivity contribution in [1.82, 2.24) is 0 Å². The van der Waals surface area contributed by atoms with Crippen molar-refractivity contribution in [2.75, 3.05) is 0 Å². The number of rotatable bonds is 4. The van der Waals surface area contributed by atoms with E-state index in [1.807, 2.05) is 6.07 Å². The number of nitrogens with zero attached hydrogens (tertiary/aromatic N) is 3. The zero-order chi connectivity index (χ0) is 19.4. The van der Waals surface area contributed by atoms with E-state index in [0.717, 1.165) is 5.56 Å². The molecule has 0 spiro atoms. The summed E-state index contributed by atoms with van der Waals surface area (Å²) in [5.74, 6) is 0.731. The highest BCUT2D eigenvalue weighted by Gasteiger charge is 2.18. The third kappa shape index (κ3) is 3.76. The minimum Gasteiger partial charge on any atom is -0.456 e. The summed E-state index contributed by atoms with van der Waals surface area (Å²) >= 11 is 0. The second-order valence-corrected chi connectivity index (χ2v) is 5.84. The third-order valence-electron chi connectivity index (χ3n) is 3.95. The van der Waals surface area contributed by atoms with Gasteiger partial charge in [-0.25, -0.2) is 0 Å². The molecule has 0 fully saturated rings. The van der Waals surface area contributed by atoms with Gasteiger partial charge in [0.15, 0.2) is 0 Å². The van der Waals surface area contributed by atoms with Gasteiger partial charge in [0, 0.05) is 6.07 Å². The molecule has 130 valence electrons. The van der Waals surface area contributed by atoms with E-state index in [1.165, 1.54) is 6.07 Å². The van der Waals surface area contributed by atoms with Crippen LogP contribution in [0.3, 0.4) is 0 Å². The maximum Gasteiger partial charge on any atom is 0.280 e. The molecule has 0 radical (unpaired) electrons. The fraction of sp³-hybridized carbons (Fsp3) is 0.0476. The van der Waals surface area contributed by atoms with Gasteiger partial charge in [-0.3, -0.25) is 10.1 Å². The van der Waals surface area contributed by atoms with Crippen LogP contribution in [0.4, 0.5) is 5.69 Å². The van der Waals surface area contributed by atoms with Crippen molar-refractivity contribution >= 4 is 17.3 Å². The van der Waals surface area contributed by atoms with Crippen LogP contribution in [0.1, 0.15) is 22.5 Å². The molecule has 0 aliphatic rings. The first-order valence-electron chi connectivity index (χ1n) is 7.99. The van der Waals surface area contributed by atoms with E-state index < -0.39 is 4.92 Å². The smallest absolute Gasteiger partial charge is 0.280 e. The number of furan rings is 1. The van der Waals surface area contributed by atoms with Gasteiger partial charge in [-0.2, -0.15) is 10.5 Å². The lowest BCUT2D eigenvalue weighted by Crippen LogP contribution is -1.92. The van der Waals surface area contributed by atoms with Gasteiger partial charge in [0.2, 0.25) is 0 Å². The molecule has 0 bridgehead atoms. The van der Waals surface area contributed by atoms with Crippen LogP contribution in [0.2, 0.25) is 0 Å². The van der Waals surface area contributed by atoms with Gasteiger partial charge in [0.05, 0.1) is 33.8 Å². The van der Waals surface area contributed by atoms with E-state index in [0.29, 0.717) is 33.8 Å². The molecule has 0 aliphatic heterocycles. The van der Waals surface area contributed by atoms with Crippen LogP contribution in [0.15, 0.2) is 59.0 Å². The summed E-state index contributed by atoms with van der Waals surface area (Å²) in [5, 5.41) is 29.7. The Labute approximate surface area is 155 Å². The maximum absolute atomic E-state index is 11.3. The largest absolute Gasteiger partial charge is 0.456 e. The number of nitriles is 2. The summed E-state index contributed by atoms with van der Waals surface area (Å²) in [5.41, 5.74) is 2.48. The number of allylic oxidation sites excluding steroid dienone is 1. The van der Waals surface area contributed by atoms with Gasteiger partial charge in [0.1, 0.15) is 11.5 Å². The van der Waals surface area contributed by atoms with Gasteiger partial charge in [-0.15, -0.1) is 0 Å². The molecule has 6 nitrogen and oxygen atoms in total. The third-order valence-corrected chi connectivity index (χ3v) is 3.95. The minimum absolute atomic E-state index is 0.0397. The number of hydrogen-bond acceptors (Lipinski definition) is 5. The van der Waals surface area contributed by atoms with Gasteiger partial charge in [-0.1, -0.05) is 18.2 Å². The molecule has 3 aromatic rings. The van der Waals surface area contributed by atoms with Crippen molar-refractivity contribution in [3.8, 4) is 23.5 Å². The molecule has 27 heavy (non-hydrogen) atoms. The number of hydrogen-bond donors (Lipinski definition) is 0. The molecule has 6 heteroatoms. The minimum atomic E-state index is -0.450. The summed E-state index contributed by atoms with van der Waals surface area (Å²) < 4.78 is 5.71. The Balaban J connectivity index is 2.01. The lowest BCUT2D eigenvalue weighted by molar-refractivity contribution is -0.384. The maximum atomic E-state index is 11.3. The number of nitro benzene ring substituents is 1. The van der Waals surface area contributed by atoms with E-state index in [2.05, 4.69) is 6.07 Å². The van der Waals surface area contributed by atoms with E-state index >= 15 is 0 Å². The van der Waals surface area contributed by atoms with Crippen LogP contribution in [-0.4, -0.2) is 4.92 Å². The predicted molar refractivity (Wildman–Crippen MR) is 100 cm³/mol. The highest BCUT2D eigenvalue weighted by Crippen LogP contribution is 2.32. The quantitative estimate of drug-likeness (QED) is 0.368. The molecule has 0 N–H and O–H groups in total. The molecule has 0 saturated carbocycles. The lowest BCUT2D eigenvalue weighted by atomic mass is 10.0. The zero-order valence-corrected chi connectivity index (χ0v) is 14.3. The molecule has 1 aromatic heterocycles. The molecule has 3 rings (SSSR count). The molecule has 0 amide bonds. The highest BCUT2D eigenvalue weighted by molar-refractivity contribution is 5.89. The monoisotopic (exact) mass is 355 g/mol. The fourth-order valence-corrected chi connectivity index (χ4v) is 2.65. The molecule has 1 heterocycles. The summed E-state index contributed by atoms with van der Waals surface area (Å²) in [6.45, 7) is 1.78. The predicted octanol–water partition coefficient (Wildman–Crippen LogP) is 5.10. The Hall–Kier alpha value is -4.16. The lowest BCUT2D eigenvalue weighted by Gasteiger charge is -2.01. The standard InChI is InChI=1S/C21H13N3O3/c1-14-5-7-19(20(9-14)24(25)26)21-8-6-18(27-21)11-17(13-23)16-4-2-3-15(10-16)12-22/h2-11H,1H3/b17-11-. The number of nitro groups is 1. The van der Waals surface area contributed by atoms with Crippen molar-refractivity contribution < 1.29 is 9.34 Å². The number of aryl methyl sites for hydroxylation is 1. The van der Waals surface area contributed by atoms with E-state index in [9.17, 15) is 15.4 Å². The SMILES string of the molecule is Cc1ccc(-c2ccc(/C=C(/C#N)c3cccc(C#N)c3)o2)c([N+](=O)[O-])c1. The van der Waals surface area contributed by atoms with E-state index in [-0.39, 0.29) is 5.69 Å². The second-order valence-electron chi connectivity index (χ2n) is 5.84. The van der Waals surface area contributed by atoms with Gasteiger partial charge < -0.3 is 4.42 Å². The first kappa shape index (κ1) is 17.7. The van der Waals surface area contributed by atoms with Crippen LogP contribution < -0.4 is 0 Å². The van der Waals surface area contributed by atoms with Gasteiger partial charge in [0.25, 0.3) is 5.69 Å². The first-order valence-corrected chi connectivity index (χ1v) is 7.99. The Morgan fingerprint density at radius 3 is 2.67 bits per heavy atom. The van der Waals surface area contributed by atoms with Crippen molar-refractivity contribution in [2.24, 2.45) is 0 Å². The summed E-state index contributed by atoms with van der Waals surface area (Å²) in [6, 6.07) is 19.0. The molecule has 0 saturated heterocycles. The highest BCUT2D eigenvalue weighted by atomic mass is 16.6. The average molecular weight is 355 g/mol. The van der Waals surface area contributed by atoms with Crippen LogP contribution >= 0.6 is 0 Å². The van der Waals surface area contributed by atoms with E-state index in [1.54, 1.807) is 61.5 Å². The van der Waals surface area contributed by atoms with Crippen molar-refractivity contribution in [2.45, 2.75) is 6.92 Å². The van der Waals surface area contributed by atoms with Crippen molar-refractivity contribution in [3.63, 3.8) is 0 Å². The van der Waals surface area contributed by atoms with Crippen molar-refractivity contribution in [3.05, 3.63) is 87.2 Å². The number of benzene rings is 2. The fourth-order valence-electron chi connectivity index (χ4n) is 2.65. The summed E-state index contributed by atoms with van der Waals surface area (Å²) in [4.78, 5) is 10.9. The van der Waals surface area contributed by atoms with Crippen LogP contribution in [-0.2, 0) is 0 Å². The normalized spacial score (nSPS) is 10.9. The van der Waals surface area contributed by atoms with Crippen molar-refractivity contribution in [1.29, 1.82) is 10.5 Å². The Morgan fingerprint density at radius 2 is 1.96 bits per heavy atom. The van der Waals surface area contributed by atoms with Gasteiger partial charge in [-0.05, 0) is 54.5 Å². The average Bonchev–Trinajstić information content (AvgIpc) is 3.14. The van der Waals surface area contributed by atoms with E-state index in [4.69, 9.17) is 9.68 Å².